The summed E-state index contributed by atoms with van der Waals surface area (Å²) in [5.74, 6) is -1.74. The van der Waals surface area contributed by atoms with Gasteiger partial charge >= 0.3 is 35.5 Å². The van der Waals surface area contributed by atoms with Crippen LogP contribution in [0.4, 0.5) is 5.69 Å². The van der Waals surface area contributed by atoms with Crippen LogP contribution in [0.15, 0.2) is 18.2 Å². The first-order chi connectivity index (χ1) is 8.24. The Kier molecular flexibility index (Phi) is 6.60. The van der Waals surface area contributed by atoms with E-state index in [1.807, 2.05) is 0 Å². The third-order valence-corrected chi connectivity index (χ3v) is 2.72. The van der Waals surface area contributed by atoms with Crippen LogP contribution >= 0.6 is 0 Å². The molecule has 0 radical (unpaired) electrons. The predicted molar refractivity (Wildman–Crippen MR) is 66.8 cm³/mol. The zero-order valence-electron chi connectivity index (χ0n) is 9.19. The zero-order chi connectivity index (χ0) is 13.9. The van der Waals surface area contributed by atoms with Gasteiger partial charge in [-0.1, -0.05) is 6.07 Å². The summed E-state index contributed by atoms with van der Waals surface area (Å²) in [4.78, 5) is 21.2. The molecule has 0 saturated heterocycles. The molecule has 0 aliphatic heterocycles. The summed E-state index contributed by atoms with van der Waals surface area (Å²) in [6.45, 7) is 0. The second-order valence-electron chi connectivity index (χ2n) is 3.32. The van der Waals surface area contributed by atoms with Gasteiger partial charge in [0.15, 0.2) is 0 Å². The Morgan fingerprint density at radius 2 is 2.05 bits per heavy atom. The third-order valence-electron chi connectivity index (χ3n) is 2.05. The molecule has 0 aliphatic rings. The van der Waals surface area contributed by atoms with Crippen LogP contribution in [0.5, 0.6) is 0 Å². The number of esters is 1. The molecule has 1 aromatic rings. The first-order valence-electron chi connectivity index (χ1n) is 4.55. The topological polar surface area (TPSA) is 124 Å². The van der Waals surface area contributed by atoms with Gasteiger partial charge in [-0.2, -0.15) is 8.42 Å². The number of rotatable bonds is 4. The van der Waals surface area contributed by atoms with E-state index < -0.39 is 26.8 Å². The molecule has 0 amide bonds. The van der Waals surface area contributed by atoms with Crippen molar-refractivity contribution in [2.24, 2.45) is 0 Å². The van der Waals surface area contributed by atoms with Crippen LogP contribution in [-0.2, 0) is 20.6 Å². The Morgan fingerprint density at radius 3 is 2.47 bits per heavy atom. The van der Waals surface area contributed by atoms with E-state index in [2.05, 4.69) is 4.74 Å². The molecule has 0 unspecified atom stereocenters. The van der Waals surface area contributed by atoms with Gasteiger partial charge in [-0.15, -0.1) is 0 Å². The maximum atomic E-state index is 11.4. The van der Waals surface area contributed by atoms with E-state index in [-0.39, 0.29) is 46.4 Å². The Morgan fingerprint density at radius 1 is 1.47 bits per heavy atom. The molecule has 8 nitrogen and oxygen atoms in total. The van der Waals surface area contributed by atoms with E-state index in [4.69, 9.17) is 4.55 Å². The molecule has 0 aromatic heterocycles. The predicted octanol–water partition coefficient (Wildman–Crippen LogP) is 0.121. The molecular formula is C9H10NNaO7S. The standard InChI is InChI=1S/C9H9NO7S.Na.H/c1-17-9(11)8-4-7(10(12)13)3-2-6(8)5-18(14,15)16;;/h2-4H,5H2,1H3,(H,14,15,16);;. The number of nitro benzene ring substituents is 1. The molecule has 0 atom stereocenters. The van der Waals surface area contributed by atoms with Crippen molar-refractivity contribution in [3.05, 3.63) is 39.4 Å². The number of non-ortho nitro benzene ring substituents is 1. The van der Waals surface area contributed by atoms with Crippen LogP contribution in [0, 0.1) is 10.1 Å². The summed E-state index contributed by atoms with van der Waals surface area (Å²) in [6, 6.07) is 3.01. The first-order valence-corrected chi connectivity index (χ1v) is 6.16. The quantitative estimate of drug-likeness (QED) is 0.275. The second kappa shape index (κ2) is 6.96. The van der Waals surface area contributed by atoms with Crippen LogP contribution in [0.2, 0.25) is 0 Å². The van der Waals surface area contributed by atoms with E-state index >= 15 is 0 Å². The van der Waals surface area contributed by atoms with Crippen molar-refractivity contribution in [1.82, 2.24) is 0 Å². The van der Waals surface area contributed by atoms with E-state index in [0.717, 1.165) is 25.3 Å². The number of nitro groups is 1. The Labute approximate surface area is 130 Å². The van der Waals surface area contributed by atoms with E-state index in [1.165, 1.54) is 0 Å². The number of carbonyl (C=O) groups is 1. The monoisotopic (exact) mass is 299 g/mol. The summed E-state index contributed by atoms with van der Waals surface area (Å²) in [5.41, 5.74) is -0.728. The number of hydrogen-bond acceptors (Lipinski definition) is 6. The summed E-state index contributed by atoms with van der Waals surface area (Å²) in [5, 5.41) is 10.5. The van der Waals surface area contributed by atoms with Crippen molar-refractivity contribution in [3.63, 3.8) is 0 Å². The van der Waals surface area contributed by atoms with Gasteiger partial charge in [0.1, 0.15) is 5.75 Å². The van der Waals surface area contributed by atoms with Crippen molar-refractivity contribution >= 4 is 51.3 Å². The normalized spacial score (nSPS) is 10.4. The summed E-state index contributed by atoms with van der Waals surface area (Å²) in [7, 11) is -3.30. The first kappa shape index (κ1) is 18.0. The van der Waals surface area contributed by atoms with E-state index in [9.17, 15) is 23.3 Å². The molecule has 0 heterocycles. The molecule has 0 aliphatic carbocycles. The minimum absolute atomic E-state index is 0. The van der Waals surface area contributed by atoms with Crippen LogP contribution in [0.1, 0.15) is 15.9 Å². The van der Waals surface area contributed by atoms with Gasteiger partial charge in [0.2, 0.25) is 0 Å². The molecule has 1 rings (SSSR count). The zero-order valence-corrected chi connectivity index (χ0v) is 10.0. The van der Waals surface area contributed by atoms with Crippen LogP contribution in [-0.4, -0.2) is 60.5 Å². The fraction of sp³-hybridized carbons (Fsp3) is 0.222. The van der Waals surface area contributed by atoms with Gasteiger partial charge in [-0.3, -0.25) is 14.7 Å². The number of benzene rings is 1. The van der Waals surface area contributed by atoms with Gasteiger partial charge in [0.25, 0.3) is 15.8 Å². The van der Waals surface area contributed by atoms with Crippen molar-refractivity contribution < 1.29 is 27.4 Å². The average Bonchev–Trinajstić information content (AvgIpc) is 2.26. The molecule has 0 spiro atoms. The summed E-state index contributed by atoms with van der Waals surface area (Å²) in [6.07, 6.45) is 0. The molecule has 10 heteroatoms. The van der Waals surface area contributed by atoms with Crippen LogP contribution < -0.4 is 0 Å². The Balaban J connectivity index is 0.00000324. The van der Waals surface area contributed by atoms with Gasteiger partial charge in [0, 0.05) is 12.1 Å². The van der Waals surface area contributed by atoms with Gasteiger partial charge in [-0.25, -0.2) is 4.79 Å². The number of carbonyl (C=O) groups excluding carboxylic acids is 1. The Hall–Kier alpha value is -1.000. The molecular weight excluding hydrogens is 289 g/mol. The van der Waals surface area contributed by atoms with Gasteiger partial charge in [-0.05, 0) is 5.56 Å². The fourth-order valence-corrected chi connectivity index (χ4v) is 1.95. The number of ether oxygens (including phenoxy) is 1. The van der Waals surface area contributed by atoms with E-state index in [0.29, 0.717) is 0 Å². The van der Waals surface area contributed by atoms with Crippen molar-refractivity contribution in [2.75, 3.05) is 7.11 Å². The maximum absolute atomic E-state index is 11.4. The third kappa shape index (κ3) is 5.25. The van der Waals surface area contributed by atoms with Crippen molar-refractivity contribution in [3.8, 4) is 0 Å². The van der Waals surface area contributed by atoms with Crippen molar-refractivity contribution in [2.45, 2.75) is 5.75 Å². The van der Waals surface area contributed by atoms with Gasteiger partial charge in [0.05, 0.1) is 17.6 Å². The SMILES string of the molecule is COC(=O)c1cc([N+](=O)[O-])ccc1CS(=O)(=O)O.[NaH]. The molecule has 1 N–H and O–H groups in total. The molecule has 1 aromatic carbocycles. The van der Waals surface area contributed by atoms with Crippen LogP contribution in [0.3, 0.4) is 0 Å². The molecule has 19 heavy (non-hydrogen) atoms. The summed E-state index contributed by atoms with van der Waals surface area (Å²) < 4.78 is 34.6. The minimum atomic E-state index is -4.35. The molecule has 100 valence electrons. The van der Waals surface area contributed by atoms with Crippen molar-refractivity contribution in [1.29, 1.82) is 0 Å². The summed E-state index contributed by atoms with van der Waals surface area (Å²) >= 11 is 0. The molecule has 0 fully saturated rings. The number of methoxy groups -OCH3 is 1. The van der Waals surface area contributed by atoms with Gasteiger partial charge < -0.3 is 4.74 Å². The number of nitrogens with zero attached hydrogens (tertiary/aromatic N) is 1. The van der Waals surface area contributed by atoms with Crippen LogP contribution in [0.25, 0.3) is 0 Å². The number of hydrogen-bond donors (Lipinski definition) is 1. The van der Waals surface area contributed by atoms with E-state index in [1.54, 1.807) is 0 Å². The molecule has 0 saturated carbocycles. The Bertz CT molecular complexity index is 599. The fourth-order valence-electron chi connectivity index (χ4n) is 1.30. The molecule has 0 bridgehead atoms. The second-order valence-corrected chi connectivity index (χ2v) is 4.77. The average molecular weight is 299 g/mol.